The Morgan fingerprint density at radius 3 is 2.93 bits per heavy atom. The zero-order valence-electron chi connectivity index (χ0n) is 8.12. The monoisotopic (exact) mass is 224 g/mol. The van der Waals surface area contributed by atoms with Gasteiger partial charge < -0.3 is 4.74 Å². The van der Waals surface area contributed by atoms with Crippen molar-refractivity contribution in [1.82, 2.24) is 0 Å². The molecule has 1 heterocycles. The fourth-order valence-corrected chi connectivity index (χ4v) is 1.96. The van der Waals surface area contributed by atoms with E-state index in [-0.39, 0.29) is 0 Å². The van der Waals surface area contributed by atoms with Gasteiger partial charge in [0, 0.05) is 6.42 Å². The molecule has 1 aliphatic heterocycles. The SMILES string of the molecule is CC1(C=O)Cc2cccc(Cl)c2C(=O)O1. The van der Waals surface area contributed by atoms with Gasteiger partial charge in [0.25, 0.3) is 0 Å². The molecule has 0 saturated carbocycles. The van der Waals surface area contributed by atoms with Gasteiger partial charge in [0.05, 0.1) is 10.6 Å². The van der Waals surface area contributed by atoms with Gasteiger partial charge in [0.2, 0.25) is 0 Å². The van der Waals surface area contributed by atoms with E-state index >= 15 is 0 Å². The lowest BCUT2D eigenvalue weighted by atomic mass is 9.91. The largest absolute Gasteiger partial charge is 0.448 e. The second-order valence-electron chi connectivity index (χ2n) is 3.77. The van der Waals surface area contributed by atoms with Crippen LogP contribution in [0.25, 0.3) is 0 Å². The third-order valence-corrected chi connectivity index (χ3v) is 2.74. The number of rotatable bonds is 1. The van der Waals surface area contributed by atoms with Gasteiger partial charge in [-0.1, -0.05) is 23.7 Å². The third kappa shape index (κ3) is 1.63. The van der Waals surface area contributed by atoms with E-state index < -0.39 is 11.6 Å². The number of benzene rings is 1. The van der Waals surface area contributed by atoms with Crippen molar-refractivity contribution in [2.24, 2.45) is 0 Å². The summed E-state index contributed by atoms with van der Waals surface area (Å²) in [4.78, 5) is 22.4. The number of carbonyl (C=O) groups is 2. The molecule has 1 unspecified atom stereocenters. The number of hydrogen-bond donors (Lipinski definition) is 0. The topological polar surface area (TPSA) is 43.4 Å². The van der Waals surface area contributed by atoms with Gasteiger partial charge in [-0.2, -0.15) is 0 Å². The number of carbonyl (C=O) groups excluding carboxylic acids is 2. The number of esters is 1. The first kappa shape index (κ1) is 10.2. The molecule has 0 N–H and O–H groups in total. The molecule has 0 aromatic heterocycles. The van der Waals surface area contributed by atoms with Crippen molar-refractivity contribution in [1.29, 1.82) is 0 Å². The van der Waals surface area contributed by atoms with Gasteiger partial charge in [-0.15, -0.1) is 0 Å². The van der Waals surface area contributed by atoms with Crippen LogP contribution >= 0.6 is 11.6 Å². The highest BCUT2D eigenvalue weighted by molar-refractivity contribution is 6.33. The molecule has 1 aliphatic rings. The number of fused-ring (bicyclic) bond motifs is 1. The van der Waals surface area contributed by atoms with E-state index in [0.717, 1.165) is 5.56 Å². The molecule has 0 fully saturated rings. The Morgan fingerprint density at radius 2 is 2.27 bits per heavy atom. The fourth-order valence-electron chi connectivity index (χ4n) is 1.69. The zero-order chi connectivity index (χ0) is 11.1. The molecule has 15 heavy (non-hydrogen) atoms. The Bertz CT molecular complexity index is 441. The molecule has 2 rings (SSSR count). The molecule has 0 aliphatic carbocycles. The van der Waals surface area contributed by atoms with Crippen LogP contribution in [0.5, 0.6) is 0 Å². The molecule has 1 aromatic carbocycles. The molecular weight excluding hydrogens is 216 g/mol. The Hall–Kier alpha value is -1.35. The summed E-state index contributed by atoms with van der Waals surface area (Å²) in [6.07, 6.45) is 1.02. The van der Waals surface area contributed by atoms with Crippen LogP contribution in [0.1, 0.15) is 22.8 Å². The second-order valence-corrected chi connectivity index (χ2v) is 4.18. The lowest BCUT2D eigenvalue weighted by Gasteiger charge is -2.29. The fraction of sp³-hybridized carbons (Fsp3) is 0.273. The first-order valence-electron chi connectivity index (χ1n) is 4.53. The average molecular weight is 225 g/mol. The van der Waals surface area contributed by atoms with E-state index in [9.17, 15) is 9.59 Å². The van der Waals surface area contributed by atoms with E-state index in [2.05, 4.69) is 0 Å². The van der Waals surface area contributed by atoms with Crippen LogP contribution in [0, 0.1) is 0 Å². The van der Waals surface area contributed by atoms with Crippen molar-refractivity contribution >= 4 is 23.9 Å². The van der Waals surface area contributed by atoms with Crippen molar-refractivity contribution in [3.8, 4) is 0 Å². The van der Waals surface area contributed by atoms with Crippen LogP contribution in [-0.2, 0) is 16.0 Å². The maximum absolute atomic E-state index is 11.6. The molecule has 4 heteroatoms. The molecule has 1 aromatic rings. The summed E-state index contributed by atoms with van der Waals surface area (Å²) in [6, 6.07) is 5.17. The molecule has 0 spiro atoms. The van der Waals surface area contributed by atoms with Gasteiger partial charge >= 0.3 is 5.97 Å². The van der Waals surface area contributed by atoms with Crippen LogP contribution in [0.3, 0.4) is 0 Å². The molecule has 0 bridgehead atoms. The van der Waals surface area contributed by atoms with Crippen LogP contribution in [0.15, 0.2) is 18.2 Å². The van der Waals surface area contributed by atoms with Crippen molar-refractivity contribution in [3.05, 3.63) is 34.3 Å². The lowest BCUT2D eigenvalue weighted by molar-refractivity contribution is -0.124. The smallest absolute Gasteiger partial charge is 0.340 e. The normalized spacial score (nSPS) is 24.3. The van der Waals surface area contributed by atoms with Crippen LogP contribution in [-0.4, -0.2) is 17.9 Å². The van der Waals surface area contributed by atoms with Crippen LogP contribution in [0.4, 0.5) is 0 Å². The summed E-state index contributed by atoms with van der Waals surface area (Å²) in [7, 11) is 0. The first-order valence-corrected chi connectivity index (χ1v) is 4.90. The lowest BCUT2D eigenvalue weighted by Crippen LogP contribution is -2.40. The predicted molar refractivity (Wildman–Crippen MR) is 55.0 cm³/mol. The predicted octanol–water partition coefficient (Wildman–Crippen LogP) is 2.01. The highest BCUT2D eigenvalue weighted by atomic mass is 35.5. The maximum Gasteiger partial charge on any atom is 0.340 e. The number of ether oxygens (including phenoxy) is 1. The van der Waals surface area contributed by atoms with Gasteiger partial charge in [0.15, 0.2) is 11.9 Å². The summed E-state index contributed by atoms with van der Waals surface area (Å²) >= 11 is 5.88. The van der Waals surface area contributed by atoms with Crippen molar-refractivity contribution in [3.63, 3.8) is 0 Å². The van der Waals surface area contributed by atoms with E-state index in [1.54, 1.807) is 25.1 Å². The van der Waals surface area contributed by atoms with Crippen molar-refractivity contribution in [2.75, 3.05) is 0 Å². The van der Waals surface area contributed by atoms with Crippen LogP contribution in [0.2, 0.25) is 5.02 Å². The van der Waals surface area contributed by atoms with Crippen LogP contribution < -0.4 is 0 Å². The molecule has 3 nitrogen and oxygen atoms in total. The molecule has 1 atom stereocenters. The molecule has 78 valence electrons. The quantitative estimate of drug-likeness (QED) is 0.541. The van der Waals surface area contributed by atoms with E-state index in [4.69, 9.17) is 16.3 Å². The molecule has 0 amide bonds. The Balaban J connectivity index is 2.54. The molecule has 0 saturated heterocycles. The number of aldehydes is 1. The van der Waals surface area contributed by atoms with Crippen molar-refractivity contribution < 1.29 is 14.3 Å². The minimum atomic E-state index is -1.06. The summed E-state index contributed by atoms with van der Waals surface area (Å²) in [5.41, 5.74) is 0.0706. The summed E-state index contributed by atoms with van der Waals surface area (Å²) in [6.45, 7) is 1.59. The summed E-state index contributed by atoms with van der Waals surface area (Å²) in [5.74, 6) is -0.531. The first-order chi connectivity index (χ1) is 7.06. The van der Waals surface area contributed by atoms with E-state index in [1.165, 1.54) is 0 Å². The van der Waals surface area contributed by atoms with E-state index in [1.807, 2.05) is 0 Å². The standard InChI is InChI=1S/C11H9ClO3/c1-11(6-13)5-7-3-2-4-8(12)9(7)10(14)15-11/h2-4,6H,5H2,1H3. The Kier molecular flexibility index (Phi) is 2.27. The summed E-state index contributed by atoms with van der Waals surface area (Å²) < 4.78 is 5.04. The maximum atomic E-state index is 11.6. The number of hydrogen-bond acceptors (Lipinski definition) is 3. The highest BCUT2D eigenvalue weighted by Gasteiger charge is 2.37. The van der Waals surface area contributed by atoms with E-state index in [0.29, 0.717) is 23.3 Å². The van der Waals surface area contributed by atoms with Gasteiger partial charge in [-0.3, -0.25) is 4.79 Å². The second kappa shape index (κ2) is 3.35. The average Bonchev–Trinajstić information content (AvgIpc) is 2.17. The summed E-state index contributed by atoms with van der Waals surface area (Å²) in [5, 5.41) is 0.366. The Labute approximate surface area is 92.0 Å². The molecular formula is C11H9ClO3. The van der Waals surface area contributed by atoms with Gasteiger partial charge in [-0.25, -0.2) is 4.79 Å². The minimum absolute atomic E-state index is 0.366. The van der Waals surface area contributed by atoms with Gasteiger partial charge in [-0.05, 0) is 18.6 Å². The highest BCUT2D eigenvalue weighted by Crippen LogP contribution is 2.30. The zero-order valence-corrected chi connectivity index (χ0v) is 8.88. The van der Waals surface area contributed by atoms with Gasteiger partial charge in [0.1, 0.15) is 0 Å². The van der Waals surface area contributed by atoms with Crippen molar-refractivity contribution in [2.45, 2.75) is 18.9 Å². The molecule has 0 radical (unpaired) electrons. The number of halogens is 1. The number of cyclic esters (lactones) is 1. The Morgan fingerprint density at radius 1 is 1.53 bits per heavy atom. The third-order valence-electron chi connectivity index (χ3n) is 2.42. The minimum Gasteiger partial charge on any atom is -0.448 e.